The van der Waals surface area contributed by atoms with Gasteiger partial charge in [-0.25, -0.2) is 8.42 Å². The van der Waals surface area contributed by atoms with Gasteiger partial charge in [0, 0.05) is 5.56 Å². The van der Waals surface area contributed by atoms with Crippen LogP contribution in [0, 0.1) is 12.8 Å². The summed E-state index contributed by atoms with van der Waals surface area (Å²) in [4.78, 5) is 26.2. The third kappa shape index (κ3) is 5.42. The Morgan fingerprint density at radius 3 is 2.07 bits per heavy atom. The van der Waals surface area contributed by atoms with Crippen LogP contribution in [0.15, 0.2) is 71.6 Å². The van der Waals surface area contributed by atoms with Crippen LogP contribution in [0.5, 0.6) is 5.75 Å². The van der Waals surface area contributed by atoms with E-state index < -0.39 is 46.1 Å². The summed E-state index contributed by atoms with van der Waals surface area (Å²) in [5, 5.41) is 12.7. The molecule has 0 amide bonds. The van der Waals surface area contributed by atoms with E-state index in [1.165, 1.54) is 19.2 Å². The molecule has 224 valence electrons. The lowest BCUT2D eigenvalue weighted by Crippen LogP contribution is -2.54. The highest BCUT2D eigenvalue weighted by molar-refractivity contribution is 7.89. The first-order valence-electron chi connectivity index (χ1n) is 13.5. The quantitative estimate of drug-likeness (QED) is 0.318. The van der Waals surface area contributed by atoms with Crippen molar-refractivity contribution in [1.82, 2.24) is 4.31 Å². The molecule has 0 saturated carbocycles. The Kier molecular flexibility index (Phi) is 8.55. The Balaban J connectivity index is 2.09. The number of benzene rings is 3. The molecule has 1 N–H and O–H groups in total. The fourth-order valence-corrected chi connectivity index (χ4v) is 7.10. The summed E-state index contributed by atoms with van der Waals surface area (Å²) < 4.78 is 45.5. The highest BCUT2D eigenvalue weighted by Gasteiger charge is 2.55. The Morgan fingerprint density at radius 1 is 0.929 bits per heavy atom. The average Bonchev–Trinajstić information content (AvgIpc) is 2.97. The normalized spacial score (nSPS) is 19.2. The number of carbonyl (C=O) groups excluding carboxylic acids is 2. The molecule has 4 rings (SSSR count). The second kappa shape index (κ2) is 11.5. The lowest BCUT2D eigenvalue weighted by molar-refractivity contribution is -0.162. The molecule has 0 aromatic heterocycles. The van der Waals surface area contributed by atoms with E-state index in [1.807, 2.05) is 39.8 Å². The number of methoxy groups -OCH3 is 3. The minimum Gasteiger partial charge on any atom is -0.496 e. The predicted octanol–water partition coefficient (Wildman–Crippen LogP) is 4.24. The number of ether oxygens (including phenoxy) is 3. The largest absolute Gasteiger partial charge is 0.496 e. The van der Waals surface area contributed by atoms with Crippen molar-refractivity contribution in [3.63, 3.8) is 0 Å². The minimum absolute atomic E-state index is 0.0660. The zero-order valence-corrected chi connectivity index (χ0v) is 25.7. The van der Waals surface area contributed by atoms with Gasteiger partial charge in [-0.15, -0.1) is 0 Å². The van der Waals surface area contributed by atoms with Crippen LogP contribution in [-0.4, -0.2) is 57.6 Å². The smallest absolute Gasteiger partial charge is 0.322 e. The summed E-state index contributed by atoms with van der Waals surface area (Å²) >= 11 is 0. The van der Waals surface area contributed by atoms with Crippen molar-refractivity contribution in [3.05, 3.63) is 94.5 Å². The van der Waals surface area contributed by atoms with E-state index >= 15 is 0 Å². The second-order valence-electron chi connectivity index (χ2n) is 11.4. The predicted molar refractivity (Wildman–Crippen MR) is 156 cm³/mol. The molecule has 0 aliphatic carbocycles. The third-order valence-electron chi connectivity index (χ3n) is 7.78. The summed E-state index contributed by atoms with van der Waals surface area (Å²) in [6.07, 6.45) is 0. The van der Waals surface area contributed by atoms with Crippen molar-refractivity contribution >= 4 is 22.0 Å². The number of esters is 2. The minimum atomic E-state index is -4.42. The summed E-state index contributed by atoms with van der Waals surface area (Å²) in [5.74, 6) is -3.26. The topological polar surface area (TPSA) is 119 Å². The van der Waals surface area contributed by atoms with E-state index in [-0.39, 0.29) is 15.9 Å². The van der Waals surface area contributed by atoms with Crippen molar-refractivity contribution in [1.29, 1.82) is 0 Å². The highest BCUT2D eigenvalue weighted by atomic mass is 32.2. The zero-order valence-electron chi connectivity index (χ0n) is 24.9. The van der Waals surface area contributed by atoms with Crippen molar-refractivity contribution in [2.75, 3.05) is 27.9 Å². The SMILES string of the molecule is COC(=O)C(C(=O)OC)C1c2ccccc2C(O)(c2cc(C(C)(C)C)ccc2OC)CN1S(=O)(=O)c1ccc(C)cc1. The fraction of sp³-hybridized carbons (Fsp3) is 0.375. The van der Waals surface area contributed by atoms with Crippen LogP contribution in [0.25, 0.3) is 0 Å². The molecule has 0 saturated heterocycles. The third-order valence-corrected chi connectivity index (χ3v) is 9.63. The van der Waals surface area contributed by atoms with Gasteiger partial charge in [-0.2, -0.15) is 4.31 Å². The van der Waals surface area contributed by atoms with Gasteiger partial charge in [-0.1, -0.05) is 68.8 Å². The van der Waals surface area contributed by atoms with Crippen molar-refractivity contribution in [2.45, 2.75) is 49.6 Å². The molecule has 0 fully saturated rings. The van der Waals surface area contributed by atoms with Crippen LogP contribution in [0.2, 0.25) is 0 Å². The van der Waals surface area contributed by atoms with Crippen LogP contribution in [0.3, 0.4) is 0 Å². The van der Waals surface area contributed by atoms with Crippen molar-refractivity contribution in [2.24, 2.45) is 5.92 Å². The molecule has 0 radical (unpaired) electrons. The van der Waals surface area contributed by atoms with Crippen LogP contribution in [-0.2, 0) is 40.1 Å². The maximum Gasteiger partial charge on any atom is 0.322 e. The van der Waals surface area contributed by atoms with Gasteiger partial charge in [-0.3, -0.25) is 9.59 Å². The molecule has 2 unspecified atom stereocenters. The number of aryl methyl sites for hydroxylation is 1. The molecule has 3 aromatic rings. The van der Waals surface area contributed by atoms with Crippen LogP contribution in [0.4, 0.5) is 0 Å². The number of rotatable bonds is 7. The van der Waals surface area contributed by atoms with Gasteiger partial charge in [0.05, 0.1) is 38.8 Å². The Labute approximate surface area is 247 Å². The maximum absolute atomic E-state index is 14.4. The average molecular weight is 596 g/mol. The van der Waals surface area contributed by atoms with Gasteiger partial charge >= 0.3 is 11.9 Å². The number of carbonyl (C=O) groups is 2. The van der Waals surface area contributed by atoms with Gasteiger partial charge in [0.25, 0.3) is 0 Å². The number of fused-ring (bicyclic) bond motifs is 1. The van der Waals surface area contributed by atoms with E-state index in [0.717, 1.165) is 29.7 Å². The molecule has 1 aliphatic heterocycles. The first kappa shape index (κ1) is 31.2. The number of nitrogens with zero attached hydrogens (tertiary/aromatic N) is 1. The molecule has 0 bridgehead atoms. The zero-order chi connectivity index (χ0) is 31.0. The maximum atomic E-state index is 14.4. The van der Waals surface area contributed by atoms with Crippen molar-refractivity contribution in [3.8, 4) is 5.75 Å². The standard InChI is InChI=1S/C32H37NO8S/c1-20-12-15-22(16-13-20)42(37,38)33-19-32(36,25-18-21(31(2,3)4)14-17-26(25)39-5)24-11-9-8-10-23(24)28(33)27(29(34)40-6)30(35)41-7/h8-18,27-28,36H,19H2,1-7H3. The van der Waals surface area contributed by atoms with Crippen LogP contribution >= 0.6 is 0 Å². The monoisotopic (exact) mass is 595 g/mol. The number of hydrogen-bond donors (Lipinski definition) is 1. The first-order valence-corrected chi connectivity index (χ1v) is 14.9. The molecule has 9 nitrogen and oxygen atoms in total. The molecule has 2 atom stereocenters. The molecule has 0 spiro atoms. The lowest BCUT2D eigenvalue weighted by atomic mass is 9.74. The fourth-order valence-electron chi connectivity index (χ4n) is 5.46. The summed E-state index contributed by atoms with van der Waals surface area (Å²) in [7, 11) is -0.713. The number of β-amino-alcohol motifs (C(OH)–C–C–N with tert-alkyl or cyclic N) is 1. The summed E-state index contributed by atoms with van der Waals surface area (Å²) in [5.41, 5.74) is 0.424. The molecular formula is C32H37NO8S. The Hall–Kier alpha value is -3.73. The highest BCUT2D eigenvalue weighted by Crippen LogP contribution is 2.50. The van der Waals surface area contributed by atoms with Crippen molar-refractivity contribution < 1.29 is 37.3 Å². The Bertz CT molecular complexity index is 1580. The van der Waals surface area contributed by atoms with E-state index in [9.17, 15) is 23.1 Å². The lowest BCUT2D eigenvalue weighted by Gasteiger charge is -2.46. The number of sulfonamides is 1. The molecule has 3 aromatic carbocycles. The Morgan fingerprint density at radius 2 is 1.52 bits per heavy atom. The van der Waals surface area contributed by atoms with Crippen LogP contribution < -0.4 is 4.74 Å². The second-order valence-corrected chi connectivity index (χ2v) is 13.3. The van der Waals surface area contributed by atoms with Gasteiger partial charge < -0.3 is 19.3 Å². The van der Waals surface area contributed by atoms with Gasteiger partial charge in [-0.05, 0) is 53.3 Å². The molecule has 1 heterocycles. The van der Waals surface area contributed by atoms with E-state index in [4.69, 9.17) is 14.2 Å². The van der Waals surface area contributed by atoms with Gasteiger partial charge in [0.1, 0.15) is 11.4 Å². The summed E-state index contributed by atoms with van der Waals surface area (Å²) in [6, 6.07) is 16.9. The first-order chi connectivity index (χ1) is 19.7. The van der Waals surface area contributed by atoms with Gasteiger partial charge in [0.15, 0.2) is 5.92 Å². The molecule has 1 aliphatic rings. The molecule has 42 heavy (non-hydrogen) atoms. The van der Waals surface area contributed by atoms with Gasteiger partial charge in [0.2, 0.25) is 10.0 Å². The summed E-state index contributed by atoms with van der Waals surface area (Å²) in [6.45, 7) is 7.38. The van der Waals surface area contributed by atoms with E-state index in [1.54, 1.807) is 42.5 Å². The van der Waals surface area contributed by atoms with E-state index in [0.29, 0.717) is 16.9 Å². The van der Waals surface area contributed by atoms with E-state index in [2.05, 4.69) is 0 Å². The molecule has 10 heteroatoms. The molecular weight excluding hydrogens is 558 g/mol. The number of aliphatic hydroxyl groups is 1. The van der Waals surface area contributed by atoms with Crippen LogP contribution in [0.1, 0.15) is 54.6 Å². The number of hydrogen-bond acceptors (Lipinski definition) is 8.